The van der Waals surface area contributed by atoms with E-state index in [-0.39, 0.29) is 30.0 Å². The quantitative estimate of drug-likeness (QED) is 0.431. The van der Waals surface area contributed by atoms with Gasteiger partial charge in [-0.25, -0.2) is 9.36 Å². The first-order valence-corrected chi connectivity index (χ1v) is 7.20. The monoisotopic (exact) mass is 391 g/mol. The third-order valence-corrected chi connectivity index (χ3v) is 4.21. The molecule has 0 spiro atoms. The molecule has 1 unspecified atom stereocenters. The van der Waals surface area contributed by atoms with Crippen LogP contribution in [0.4, 0.5) is 4.79 Å². The summed E-state index contributed by atoms with van der Waals surface area (Å²) in [7, 11) is 1.93. The Bertz CT molecular complexity index is 450. The standard InChI is InChI=1S/C15H26N3O.HI/c1-15(2,3)13-6-5-8-17(9-7-13)14(19)18-11-10-16(4)12-18;/h10-13H,5-9H2,1-4H3;1H/q+1;/p-1. The van der Waals surface area contributed by atoms with Crippen molar-refractivity contribution in [2.24, 2.45) is 18.4 Å². The van der Waals surface area contributed by atoms with Gasteiger partial charge in [0.15, 0.2) is 0 Å². The molecule has 2 rings (SSSR count). The lowest BCUT2D eigenvalue weighted by molar-refractivity contribution is -0.670. The van der Waals surface area contributed by atoms with Gasteiger partial charge in [-0.3, -0.25) is 0 Å². The van der Waals surface area contributed by atoms with Gasteiger partial charge in [0.2, 0.25) is 0 Å². The molecule has 1 aliphatic heterocycles. The average molecular weight is 391 g/mol. The molecule has 5 heteroatoms. The minimum absolute atomic E-state index is 0. The molecule has 0 saturated carbocycles. The topological polar surface area (TPSA) is 29.1 Å². The molecule has 1 aromatic heterocycles. The summed E-state index contributed by atoms with van der Waals surface area (Å²) in [5, 5.41) is 0. The van der Waals surface area contributed by atoms with Crippen LogP contribution in [0.15, 0.2) is 18.7 Å². The van der Waals surface area contributed by atoms with E-state index >= 15 is 0 Å². The summed E-state index contributed by atoms with van der Waals surface area (Å²) in [5.74, 6) is 0.714. The van der Waals surface area contributed by atoms with Gasteiger partial charge in [-0.15, -0.1) is 0 Å². The molecule has 0 aromatic carbocycles. The number of imidazole rings is 1. The van der Waals surface area contributed by atoms with Crippen LogP contribution < -0.4 is 28.5 Å². The van der Waals surface area contributed by atoms with E-state index in [0.29, 0.717) is 11.3 Å². The summed E-state index contributed by atoms with van der Waals surface area (Å²) in [6, 6.07) is 0.107. The van der Waals surface area contributed by atoms with Crippen LogP contribution in [0.2, 0.25) is 0 Å². The number of hydrogen-bond acceptors (Lipinski definition) is 1. The van der Waals surface area contributed by atoms with E-state index in [4.69, 9.17) is 0 Å². The number of halogens is 1. The van der Waals surface area contributed by atoms with Crippen molar-refractivity contribution in [1.29, 1.82) is 0 Å². The Labute approximate surface area is 139 Å². The van der Waals surface area contributed by atoms with Crippen LogP contribution in [0.25, 0.3) is 0 Å². The molecule has 20 heavy (non-hydrogen) atoms. The van der Waals surface area contributed by atoms with Gasteiger partial charge in [0.05, 0.1) is 7.05 Å². The van der Waals surface area contributed by atoms with Crippen LogP contribution in [0.5, 0.6) is 0 Å². The SMILES string of the molecule is C[n+]1ccn(C(=O)N2CCCC(C(C)(C)C)CC2)c1.[I-]. The number of aryl methyl sites for hydroxylation is 1. The highest BCUT2D eigenvalue weighted by Crippen LogP contribution is 2.34. The first-order valence-electron chi connectivity index (χ1n) is 7.20. The first-order chi connectivity index (χ1) is 8.88. The van der Waals surface area contributed by atoms with E-state index in [1.54, 1.807) is 4.57 Å². The second-order valence-corrected chi connectivity index (χ2v) is 6.75. The fraction of sp³-hybridized carbons (Fsp3) is 0.733. The average Bonchev–Trinajstić information content (AvgIpc) is 2.62. The second kappa shape index (κ2) is 6.91. The number of carbonyl (C=O) groups is 1. The summed E-state index contributed by atoms with van der Waals surface area (Å²) in [4.78, 5) is 14.4. The normalized spacial score (nSPS) is 20.2. The fourth-order valence-corrected chi connectivity index (χ4v) is 2.88. The third kappa shape index (κ3) is 4.20. The zero-order chi connectivity index (χ0) is 14.0. The van der Waals surface area contributed by atoms with Gasteiger partial charge < -0.3 is 28.9 Å². The molecule has 1 amide bonds. The Hall–Kier alpha value is -0.590. The Balaban J connectivity index is 0.00000200. The molecular weight excluding hydrogens is 365 g/mol. The highest BCUT2D eigenvalue weighted by Gasteiger charge is 2.30. The summed E-state index contributed by atoms with van der Waals surface area (Å²) in [5.41, 5.74) is 0.346. The van der Waals surface area contributed by atoms with Crippen molar-refractivity contribution in [2.45, 2.75) is 40.0 Å². The highest BCUT2D eigenvalue weighted by atomic mass is 127. The summed E-state index contributed by atoms with van der Waals surface area (Å²) in [6.45, 7) is 8.68. The Kier molecular flexibility index (Phi) is 6.04. The molecule has 1 saturated heterocycles. The van der Waals surface area contributed by atoms with Crippen LogP contribution in [0.3, 0.4) is 0 Å². The van der Waals surface area contributed by atoms with Gasteiger partial charge in [-0.05, 0) is 30.6 Å². The third-order valence-electron chi connectivity index (χ3n) is 4.21. The molecule has 114 valence electrons. The summed E-state index contributed by atoms with van der Waals surface area (Å²) < 4.78 is 3.57. The van der Waals surface area contributed by atoms with Crippen molar-refractivity contribution < 1.29 is 33.3 Å². The van der Waals surface area contributed by atoms with Crippen molar-refractivity contribution in [3.8, 4) is 0 Å². The van der Waals surface area contributed by atoms with Crippen molar-refractivity contribution in [3.05, 3.63) is 18.7 Å². The van der Waals surface area contributed by atoms with Gasteiger partial charge in [-0.2, -0.15) is 4.57 Å². The van der Waals surface area contributed by atoms with Gasteiger partial charge in [0, 0.05) is 13.1 Å². The van der Waals surface area contributed by atoms with Crippen LogP contribution in [-0.4, -0.2) is 28.6 Å². The zero-order valence-electron chi connectivity index (χ0n) is 13.0. The maximum atomic E-state index is 12.4. The smallest absolute Gasteiger partial charge is 0.415 e. The lowest BCUT2D eigenvalue weighted by Crippen LogP contribution is -3.00. The van der Waals surface area contributed by atoms with Gasteiger partial charge in [0.1, 0.15) is 12.4 Å². The predicted molar refractivity (Wildman–Crippen MR) is 74.8 cm³/mol. The molecule has 1 aliphatic rings. The fourth-order valence-electron chi connectivity index (χ4n) is 2.88. The molecule has 2 heterocycles. The number of rotatable bonds is 0. The summed E-state index contributed by atoms with van der Waals surface area (Å²) >= 11 is 0. The molecule has 1 atom stereocenters. The maximum absolute atomic E-state index is 12.4. The van der Waals surface area contributed by atoms with E-state index < -0.39 is 0 Å². The van der Waals surface area contributed by atoms with E-state index in [2.05, 4.69) is 20.8 Å². The van der Waals surface area contributed by atoms with Crippen molar-refractivity contribution >= 4 is 6.03 Å². The van der Waals surface area contributed by atoms with E-state index in [1.807, 2.05) is 35.2 Å². The van der Waals surface area contributed by atoms with E-state index in [9.17, 15) is 4.79 Å². The first kappa shape index (κ1) is 17.5. The Morgan fingerprint density at radius 3 is 2.50 bits per heavy atom. The molecule has 1 aromatic rings. The Morgan fingerprint density at radius 1 is 1.25 bits per heavy atom. The lowest BCUT2D eigenvalue weighted by Gasteiger charge is -2.29. The number of carbonyl (C=O) groups excluding carboxylic acids is 1. The zero-order valence-corrected chi connectivity index (χ0v) is 15.1. The number of nitrogens with zero attached hydrogens (tertiary/aromatic N) is 3. The van der Waals surface area contributed by atoms with Crippen molar-refractivity contribution in [2.75, 3.05) is 13.1 Å². The van der Waals surface area contributed by atoms with Crippen molar-refractivity contribution in [3.63, 3.8) is 0 Å². The van der Waals surface area contributed by atoms with Gasteiger partial charge in [0.25, 0.3) is 6.33 Å². The molecular formula is C15H26IN3O. The van der Waals surface area contributed by atoms with Crippen LogP contribution in [-0.2, 0) is 7.05 Å². The Morgan fingerprint density at radius 2 is 1.95 bits per heavy atom. The molecule has 0 radical (unpaired) electrons. The van der Waals surface area contributed by atoms with Crippen LogP contribution in [0.1, 0.15) is 40.0 Å². The van der Waals surface area contributed by atoms with Gasteiger partial charge >= 0.3 is 6.03 Å². The van der Waals surface area contributed by atoms with Crippen LogP contribution >= 0.6 is 0 Å². The summed E-state index contributed by atoms with van der Waals surface area (Å²) in [6.07, 6.45) is 9.01. The molecule has 0 bridgehead atoms. The van der Waals surface area contributed by atoms with E-state index in [1.165, 1.54) is 6.42 Å². The van der Waals surface area contributed by atoms with Crippen molar-refractivity contribution in [1.82, 2.24) is 9.47 Å². The predicted octanol–water partition coefficient (Wildman–Crippen LogP) is -0.567. The van der Waals surface area contributed by atoms with Crippen LogP contribution in [0, 0.1) is 11.3 Å². The lowest BCUT2D eigenvalue weighted by atomic mass is 9.77. The number of hydrogen-bond donors (Lipinski definition) is 0. The number of aromatic nitrogens is 2. The van der Waals surface area contributed by atoms with E-state index in [0.717, 1.165) is 25.9 Å². The highest BCUT2D eigenvalue weighted by molar-refractivity contribution is 5.76. The molecule has 4 nitrogen and oxygen atoms in total. The minimum atomic E-state index is 0. The molecule has 0 N–H and O–H groups in total. The largest absolute Gasteiger partial charge is 1.00 e. The minimum Gasteiger partial charge on any atom is -1.00 e. The van der Waals surface area contributed by atoms with Gasteiger partial charge in [-0.1, -0.05) is 20.8 Å². The molecule has 0 aliphatic carbocycles. The second-order valence-electron chi connectivity index (χ2n) is 6.75. The number of amides is 1. The molecule has 1 fully saturated rings. The number of likely N-dealkylation sites (tertiary alicyclic amines) is 1. The maximum Gasteiger partial charge on any atom is 0.415 e.